The number of nitrogens with two attached hydrogens (primary N) is 1. The molecule has 0 bridgehead atoms. The summed E-state index contributed by atoms with van der Waals surface area (Å²) in [5, 5.41) is 42.7. The maximum absolute atomic E-state index is 12.4. The van der Waals surface area contributed by atoms with Gasteiger partial charge in [-0.25, -0.2) is 39.1 Å². The number of rotatable bonds is 17. The number of ether oxygens (including phenoxy) is 4. The number of methoxy groups -OCH3 is 1. The Labute approximate surface area is 302 Å². The van der Waals surface area contributed by atoms with Crippen molar-refractivity contribution in [1.82, 2.24) is 19.5 Å². The molecule has 0 radical (unpaired) electrons. The molecule has 2 aliphatic rings. The van der Waals surface area contributed by atoms with E-state index in [2.05, 4.69) is 36.9 Å². The molecule has 2 aromatic heterocycles. The van der Waals surface area contributed by atoms with E-state index in [1.54, 1.807) is 0 Å². The zero-order chi connectivity index (χ0) is 39.8. The molecule has 0 saturated carbocycles. The number of phosphoric ester groups is 2. The fraction of sp³-hybridized carbons (Fsp3) is 0.522. The first kappa shape index (κ1) is 42.6. The highest BCUT2D eigenvalue weighted by atomic mass is 31.3. The van der Waals surface area contributed by atoms with Crippen LogP contribution in [0.5, 0.6) is 11.5 Å². The van der Waals surface area contributed by atoms with Gasteiger partial charge in [-0.15, -0.1) is 0 Å². The van der Waals surface area contributed by atoms with Gasteiger partial charge in [-0.1, -0.05) is 0 Å². The lowest BCUT2D eigenvalue weighted by Crippen LogP contribution is -2.35. The van der Waals surface area contributed by atoms with E-state index in [-0.39, 0.29) is 22.7 Å². The van der Waals surface area contributed by atoms with Crippen molar-refractivity contribution in [3.8, 4) is 11.5 Å². The van der Waals surface area contributed by atoms with Gasteiger partial charge in [0, 0.05) is 7.05 Å². The van der Waals surface area contributed by atoms with E-state index < -0.39 is 93.6 Å². The summed E-state index contributed by atoms with van der Waals surface area (Å²) in [5.41, 5.74) is 0.283. The third-order valence-electron chi connectivity index (χ3n) is 7.34. The average Bonchev–Trinajstić information content (AvgIpc) is 3.71. The number of aromatic nitrogens is 4. The van der Waals surface area contributed by atoms with Crippen LogP contribution in [0.15, 0.2) is 36.9 Å². The molecule has 4 unspecified atom stereocenters. The van der Waals surface area contributed by atoms with Crippen molar-refractivity contribution in [3.63, 3.8) is 0 Å². The summed E-state index contributed by atoms with van der Waals surface area (Å²) in [6.45, 7) is -2.20. The SMILES string of the molecule is COc1ccc(O[C@@H]2O[C@H](COP(=O)(O)OP(=O)(O)OP(=O)(O)OP(=O)(O)OC[C@H]3O[C@@H](n4cnc5c(N(C)N)ncnc54)[C@H](O)[C@@H]3O)[C@@H](O)[C@H]2O)cc1. The number of anilines is 1. The predicted octanol–water partition coefficient (Wildman–Crippen LogP) is -1.23. The molecule has 1 aromatic carbocycles. The second-order valence-corrected chi connectivity index (χ2v) is 17.4. The van der Waals surface area contributed by atoms with Crippen molar-refractivity contribution in [2.75, 3.05) is 32.4 Å². The van der Waals surface area contributed by atoms with Gasteiger partial charge < -0.3 is 58.9 Å². The van der Waals surface area contributed by atoms with E-state index in [0.29, 0.717) is 5.75 Å². The summed E-state index contributed by atoms with van der Waals surface area (Å²) in [6, 6.07) is 5.92. The lowest BCUT2D eigenvalue weighted by atomic mass is 10.1. The largest absolute Gasteiger partial charge is 0.497 e. The number of hydrogen-bond acceptors (Lipinski definition) is 22. The molecule has 4 heterocycles. The van der Waals surface area contributed by atoms with Crippen LogP contribution in [0.4, 0.5) is 5.82 Å². The minimum absolute atomic E-state index is 0.102. The van der Waals surface area contributed by atoms with Gasteiger partial charge in [0.2, 0.25) is 6.29 Å². The molecule has 2 saturated heterocycles. The normalized spacial score (nSPS) is 30.3. The maximum atomic E-state index is 12.4. The Morgan fingerprint density at radius 1 is 0.759 bits per heavy atom. The standard InChI is InChI=1S/C23H34N6O21P4/c1-28(24)20-15-21(26-9-25-20)29(10-27-15)22-18(32)16(30)13(46-22)7-43-51(34,35)48-53(38,39)50-54(40,41)49-52(36,37)44-8-14-17(31)19(33)23(47-14)45-12-5-3-11(42-2)4-6-12/h3-6,9-10,13-14,16-19,22-23,30-33H,7-8,24H2,1-2H3,(H,34,35)(H,36,37)(H,38,39)(H,40,41)/t13-,14-,16-,17-,18-,19-,22-,23-/m1/s1. The highest BCUT2D eigenvalue weighted by Crippen LogP contribution is 2.71. The van der Waals surface area contributed by atoms with Crippen LogP contribution >= 0.6 is 31.3 Å². The molecule has 0 amide bonds. The van der Waals surface area contributed by atoms with Crippen LogP contribution in [0.2, 0.25) is 0 Å². The highest BCUT2D eigenvalue weighted by molar-refractivity contribution is 7.69. The van der Waals surface area contributed by atoms with E-state index in [0.717, 1.165) is 11.3 Å². The Kier molecular flexibility index (Phi) is 13.0. The molecule has 5 rings (SSSR count). The van der Waals surface area contributed by atoms with Crippen LogP contribution in [0.25, 0.3) is 11.2 Å². The van der Waals surface area contributed by atoms with Crippen molar-refractivity contribution < 1.29 is 99.2 Å². The number of hydrazine groups is 1. The molecule has 10 N–H and O–H groups in total. The number of fused-ring (bicyclic) bond motifs is 1. The molecule has 27 nitrogen and oxygen atoms in total. The first-order chi connectivity index (χ1) is 25.1. The monoisotopic (exact) mass is 854 g/mol. The zero-order valence-corrected chi connectivity index (χ0v) is 31.1. The third-order valence-corrected chi connectivity index (χ3v) is 13.2. The van der Waals surface area contributed by atoms with E-state index >= 15 is 0 Å². The minimum Gasteiger partial charge on any atom is -0.497 e. The van der Waals surface area contributed by atoms with Gasteiger partial charge in [0.15, 0.2) is 23.2 Å². The number of aliphatic hydroxyl groups is 4. The summed E-state index contributed by atoms with van der Waals surface area (Å²) in [4.78, 5) is 51.7. The molecule has 0 spiro atoms. The van der Waals surface area contributed by atoms with Gasteiger partial charge in [0.25, 0.3) is 0 Å². The summed E-state index contributed by atoms with van der Waals surface area (Å²) >= 11 is 0. The summed E-state index contributed by atoms with van der Waals surface area (Å²) in [5.74, 6) is 6.56. The molecule has 2 aliphatic heterocycles. The molecule has 302 valence electrons. The fourth-order valence-corrected chi connectivity index (χ4v) is 9.87. The number of aliphatic hydroxyl groups excluding tert-OH is 4. The van der Waals surface area contributed by atoms with E-state index in [1.165, 1.54) is 49.3 Å². The lowest BCUT2D eigenvalue weighted by molar-refractivity contribution is -0.115. The Morgan fingerprint density at radius 3 is 1.83 bits per heavy atom. The first-order valence-electron chi connectivity index (χ1n) is 14.8. The van der Waals surface area contributed by atoms with E-state index in [4.69, 9.17) is 24.8 Å². The van der Waals surface area contributed by atoms with E-state index in [1.807, 2.05) is 0 Å². The smallest absolute Gasteiger partial charge is 0.490 e. The summed E-state index contributed by atoms with van der Waals surface area (Å²) in [7, 11) is -21.0. The van der Waals surface area contributed by atoms with Crippen LogP contribution in [0.3, 0.4) is 0 Å². The van der Waals surface area contributed by atoms with Crippen LogP contribution in [0.1, 0.15) is 6.23 Å². The van der Waals surface area contributed by atoms with Crippen molar-refractivity contribution in [3.05, 3.63) is 36.9 Å². The molecule has 54 heavy (non-hydrogen) atoms. The van der Waals surface area contributed by atoms with Gasteiger partial charge in [-0.3, -0.25) is 18.6 Å². The van der Waals surface area contributed by atoms with Crippen molar-refractivity contribution in [2.45, 2.75) is 49.1 Å². The Hall–Kier alpha value is -2.55. The Balaban J connectivity index is 1.12. The predicted molar refractivity (Wildman–Crippen MR) is 173 cm³/mol. The topological polar surface area (TPSA) is 386 Å². The summed E-state index contributed by atoms with van der Waals surface area (Å²) < 4.78 is 92.5. The average molecular weight is 854 g/mol. The van der Waals surface area contributed by atoms with Gasteiger partial charge >= 0.3 is 31.3 Å². The molecular formula is C23H34N6O21P4. The fourth-order valence-electron chi connectivity index (χ4n) is 4.92. The third kappa shape index (κ3) is 10.2. The van der Waals surface area contributed by atoms with Crippen molar-refractivity contribution >= 4 is 48.3 Å². The molecule has 3 aromatic rings. The Bertz CT molecular complexity index is 1970. The molecule has 31 heteroatoms. The van der Waals surface area contributed by atoms with Crippen molar-refractivity contribution in [1.29, 1.82) is 0 Å². The minimum atomic E-state index is -6.19. The highest BCUT2D eigenvalue weighted by Gasteiger charge is 2.50. The molecule has 0 aliphatic carbocycles. The number of phosphoric acid groups is 4. The first-order valence-corrected chi connectivity index (χ1v) is 20.8. The van der Waals surface area contributed by atoms with Crippen LogP contribution in [-0.2, 0) is 49.7 Å². The van der Waals surface area contributed by atoms with Gasteiger partial charge in [-0.05, 0) is 24.3 Å². The van der Waals surface area contributed by atoms with Crippen LogP contribution in [0, 0.1) is 0 Å². The zero-order valence-electron chi connectivity index (χ0n) is 27.5. The van der Waals surface area contributed by atoms with Gasteiger partial charge in [0.1, 0.15) is 54.5 Å². The number of nitrogens with zero attached hydrogens (tertiary/aromatic N) is 5. The number of hydrogen-bond donors (Lipinski definition) is 9. The van der Waals surface area contributed by atoms with Gasteiger partial charge in [0.05, 0.1) is 26.7 Å². The second-order valence-electron chi connectivity index (χ2n) is 11.2. The second kappa shape index (κ2) is 16.5. The lowest BCUT2D eigenvalue weighted by Gasteiger charge is -2.21. The number of imidazole rings is 1. The molecule has 12 atom stereocenters. The summed E-state index contributed by atoms with van der Waals surface area (Å²) in [6.07, 6.45) is -10.8. The Morgan fingerprint density at radius 2 is 1.28 bits per heavy atom. The van der Waals surface area contributed by atoms with Crippen LogP contribution in [-0.4, -0.2) is 130 Å². The molecule has 2 fully saturated rings. The maximum Gasteiger partial charge on any atom is 0.490 e. The van der Waals surface area contributed by atoms with Crippen molar-refractivity contribution in [2.24, 2.45) is 5.84 Å². The number of benzene rings is 1. The van der Waals surface area contributed by atoms with Crippen LogP contribution < -0.4 is 20.3 Å². The van der Waals surface area contributed by atoms with Gasteiger partial charge in [-0.2, -0.15) is 12.9 Å². The van der Waals surface area contributed by atoms with E-state index in [9.17, 15) is 58.3 Å². The molecular weight excluding hydrogens is 820 g/mol. The quantitative estimate of drug-likeness (QED) is 0.0436.